The summed E-state index contributed by atoms with van der Waals surface area (Å²) in [5.41, 5.74) is -1.50. The number of amides is 2. The van der Waals surface area contributed by atoms with Gasteiger partial charge in [-0.2, -0.15) is 5.26 Å². The van der Waals surface area contributed by atoms with E-state index in [2.05, 4.69) is 15.6 Å². The maximum absolute atomic E-state index is 12.9. The van der Waals surface area contributed by atoms with Gasteiger partial charge < -0.3 is 15.2 Å². The normalized spacial score (nSPS) is 24.3. The number of nitrogens with zero attached hydrogens (tertiary/aromatic N) is 3. The molecule has 26 heavy (non-hydrogen) atoms. The third-order valence-electron chi connectivity index (χ3n) is 5.82. The van der Waals surface area contributed by atoms with Crippen molar-refractivity contribution in [3.8, 4) is 6.07 Å². The number of rotatable bonds is 6. The number of carbonyl (C=O) groups is 2. The molecule has 0 bridgehead atoms. The SMILES string of the molecule is CC(C)(C#N)C(=O)NC1CC(CNC(=O)C2(n3ccnc3)CCCC2)C1. The summed E-state index contributed by atoms with van der Waals surface area (Å²) >= 11 is 0. The summed E-state index contributed by atoms with van der Waals surface area (Å²) in [5, 5.41) is 15.0. The molecule has 1 aromatic rings. The molecule has 2 N–H and O–H groups in total. The van der Waals surface area contributed by atoms with Crippen LogP contribution in [0.4, 0.5) is 0 Å². The minimum absolute atomic E-state index is 0.0751. The molecule has 3 rings (SSSR count). The van der Waals surface area contributed by atoms with Crippen molar-refractivity contribution in [1.29, 1.82) is 5.26 Å². The van der Waals surface area contributed by atoms with Crippen molar-refractivity contribution >= 4 is 11.8 Å². The molecule has 0 saturated heterocycles. The molecule has 0 unspecified atom stereocenters. The minimum Gasteiger partial charge on any atom is -0.354 e. The largest absolute Gasteiger partial charge is 0.354 e. The smallest absolute Gasteiger partial charge is 0.246 e. The molecule has 0 atom stereocenters. The Hall–Kier alpha value is -2.36. The maximum Gasteiger partial charge on any atom is 0.246 e. The van der Waals surface area contributed by atoms with Crippen LogP contribution in [0, 0.1) is 22.7 Å². The summed E-state index contributed by atoms with van der Waals surface area (Å²) in [7, 11) is 0. The molecular weight excluding hydrogens is 330 g/mol. The van der Waals surface area contributed by atoms with Crippen LogP contribution in [-0.2, 0) is 15.1 Å². The van der Waals surface area contributed by atoms with Gasteiger partial charge in [0.15, 0.2) is 0 Å². The van der Waals surface area contributed by atoms with Gasteiger partial charge in [-0.1, -0.05) is 12.8 Å². The molecule has 2 fully saturated rings. The number of hydrogen-bond donors (Lipinski definition) is 2. The zero-order valence-corrected chi connectivity index (χ0v) is 15.5. The molecule has 0 spiro atoms. The number of imidazole rings is 1. The summed E-state index contributed by atoms with van der Waals surface area (Å²) in [6.07, 6.45) is 10.8. The van der Waals surface area contributed by atoms with E-state index in [0.717, 1.165) is 38.5 Å². The Kier molecular flexibility index (Phi) is 5.03. The molecule has 2 aliphatic rings. The third-order valence-corrected chi connectivity index (χ3v) is 5.82. The van der Waals surface area contributed by atoms with Gasteiger partial charge in [-0.3, -0.25) is 9.59 Å². The van der Waals surface area contributed by atoms with Crippen LogP contribution in [0.5, 0.6) is 0 Å². The lowest BCUT2D eigenvalue weighted by molar-refractivity contribution is -0.131. The van der Waals surface area contributed by atoms with Crippen LogP contribution in [0.25, 0.3) is 0 Å². The second kappa shape index (κ2) is 7.10. The van der Waals surface area contributed by atoms with Crippen LogP contribution in [0.3, 0.4) is 0 Å². The van der Waals surface area contributed by atoms with E-state index < -0.39 is 11.0 Å². The molecule has 0 aliphatic heterocycles. The molecule has 2 saturated carbocycles. The Morgan fingerprint density at radius 1 is 1.35 bits per heavy atom. The van der Waals surface area contributed by atoms with Gasteiger partial charge in [0.05, 0.1) is 12.4 Å². The number of carbonyl (C=O) groups excluding carboxylic acids is 2. The van der Waals surface area contributed by atoms with Crippen molar-refractivity contribution in [2.45, 2.75) is 64.0 Å². The van der Waals surface area contributed by atoms with E-state index >= 15 is 0 Å². The highest BCUT2D eigenvalue weighted by Crippen LogP contribution is 2.37. The molecule has 0 radical (unpaired) electrons. The fourth-order valence-corrected chi connectivity index (χ4v) is 3.91. The van der Waals surface area contributed by atoms with E-state index in [4.69, 9.17) is 5.26 Å². The molecule has 7 nitrogen and oxygen atoms in total. The van der Waals surface area contributed by atoms with Crippen LogP contribution in [0.15, 0.2) is 18.7 Å². The maximum atomic E-state index is 12.9. The fraction of sp³-hybridized carbons (Fsp3) is 0.684. The van der Waals surface area contributed by atoms with Crippen molar-refractivity contribution in [3.63, 3.8) is 0 Å². The van der Waals surface area contributed by atoms with Crippen LogP contribution in [0.1, 0.15) is 52.4 Å². The molecule has 7 heteroatoms. The highest BCUT2D eigenvalue weighted by atomic mass is 16.2. The molecule has 0 aromatic carbocycles. The third kappa shape index (κ3) is 3.46. The van der Waals surface area contributed by atoms with E-state index in [-0.39, 0.29) is 17.9 Å². The molecule has 1 aromatic heterocycles. The van der Waals surface area contributed by atoms with E-state index in [1.807, 2.05) is 16.8 Å². The van der Waals surface area contributed by atoms with Crippen molar-refractivity contribution in [2.24, 2.45) is 11.3 Å². The lowest BCUT2D eigenvalue weighted by Gasteiger charge is -2.38. The lowest BCUT2D eigenvalue weighted by Crippen LogP contribution is -2.53. The van der Waals surface area contributed by atoms with Crippen LogP contribution in [0.2, 0.25) is 0 Å². The summed E-state index contributed by atoms with van der Waals surface area (Å²) in [6.45, 7) is 3.87. The molecule has 2 aliphatic carbocycles. The molecule has 1 heterocycles. The lowest BCUT2D eigenvalue weighted by atomic mass is 9.79. The second-order valence-corrected chi connectivity index (χ2v) is 8.16. The Labute approximate surface area is 154 Å². The summed E-state index contributed by atoms with van der Waals surface area (Å²) in [4.78, 5) is 29.0. The molecular formula is C19H27N5O2. The molecule has 2 amide bonds. The van der Waals surface area contributed by atoms with Crippen LogP contribution < -0.4 is 10.6 Å². The predicted molar refractivity (Wildman–Crippen MR) is 95.7 cm³/mol. The Balaban J connectivity index is 1.47. The van der Waals surface area contributed by atoms with Gasteiger partial charge in [0.1, 0.15) is 11.0 Å². The number of hydrogen-bond acceptors (Lipinski definition) is 4. The van der Waals surface area contributed by atoms with Gasteiger partial charge in [0.2, 0.25) is 11.8 Å². The number of nitriles is 1. The highest BCUT2D eigenvalue weighted by molar-refractivity contribution is 5.85. The van der Waals surface area contributed by atoms with E-state index in [1.54, 1.807) is 26.4 Å². The second-order valence-electron chi connectivity index (χ2n) is 8.16. The zero-order chi connectivity index (χ0) is 18.8. The first kappa shape index (κ1) is 18.4. The van der Waals surface area contributed by atoms with Crippen molar-refractivity contribution < 1.29 is 9.59 Å². The van der Waals surface area contributed by atoms with Crippen LogP contribution in [-0.4, -0.2) is 34.0 Å². The van der Waals surface area contributed by atoms with Gasteiger partial charge in [-0.25, -0.2) is 4.98 Å². The standard InChI is InChI=1S/C19H27N5O2/c1-18(2,12-20)16(25)23-15-9-14(10-15)11-22-17(26)19(5-3-4-6-19)24-8-7-21-13-24/h7-8,13-15H,3-6,9-11H2,1-2H3,(H,22,26)(H,23,25). The first-order chi connectivity index (χ1) is 12.4. The van der Waals surface area contributed by atoms with Gasteiger partial charge in [-0.05, 0) is 45.4 Å². The quantitative estimate of drug-likeness (QED) is 0.809. The Morgan fingerprint density at radius 3 is 2.62 bits per heavy atom. The minimum atomic E-state index is -1.00. The topological polar surface area (TPSA) is 99.8 Å². The van der Waals surface area contributed by atoms with E-state index in [1.165, 1.54) is 0 Å². The summed E-state index contributed by atoms with van der Waals surface area (Å²) < 4.78 is 1.95. The van der Waals surface area contributed by atoms with Gasteiger partial charge >= 0.3 is 0 Å². The first-order valence-electron chi connectivity index (χ1n) is 9.36. The molecule has 140 valence electrons. The van der Waals surface area contributed by atoms with Gasteiger partial charge in [0, 0.05) is 25.0 Å². The monoisotopic (exact) mass is 357 g/mol. The van der Waals surface area contributed by atoms with E-state index in [9.17, 15) is 9.59 Å². The predicted octanol–water partition coefficient (Wildman–Crippen LogP) is 1.71. The Bertz CT molecular complexity index is 692. The van der Waals surface area contributed by atoms with E-state index in [0.29, 0.717) is 12.5 Å². The summed E-state index contributed by atoms with van der Waals surface area (Å²) in [5.74, 6) is 0.222. The highest BCUT2D eigenvalue weighted by Gasteiger charge is 2.43. The number of aromatic nitrogens is 2. The average molecular weight is 357 g/mol. The van der Waals surface area contributed by atoms with Crippen molar-refractivity contribution in [1.82, 2.24) is 20.2 Å². The van der Waals surface area contributed by atoms with Crippen molar-refractivity contribution in [3.05, 3.63) is 18.7 Å². The van der Waals surface area contributed by atoms with Crippen LogP contribution >= 0.6 is 0 Å². The van der Waals surface area contributed by atoms with Crippen molar-refractivity contribution in [2.75, 3.05) is 6.54 Å². The number of nitrogens with one attached hydrogen (secondary N) is 2. The fourth-order valence-electron chi connectivity index (χ4n) is 3.91. The zero-order valence-electron chi connectivity index (χ0n) is 15.5. The Morgan fingerprint density at radius 2 is 2.04 bits per heavy atom. The summed E-state index contributed by atoms with van der Waals surface area (Å²) in [6, 6.07) is 2.12. The van der Waals surface area contributed by atoms with Gasteiger partial charge in [-0.15, -0.1) is 0 Å². The average Bonchev–Trinajstić information content (AvgIpc) is 3.27. The van der Waals surface area contributed by atoms with Gasteiger partial charge in [0.25, 0.3) is 0 Å². The first-order valence-corrected chi connectivity index (χ1v) is 9.36.